The molecule has 1 aromatic heterocycles. The first-order valence-electron chi connectivity index (χ1n) is 8.68. The smallest absolute Gasteiger partial charge is 0.343 e. The molecule has 144 valence electrons. The fourth-order valence-electron chi connectivity index (χ4n) is 3.27. The summed E-state index contributed by atoms with van der Waals surface area (Å²) in [6.07, 6.45) is 0. The molecule has 0 radical (unpaired) electrons. The van der Waals surface area contributed by atoms with Gasteiger partial charge in [-0.25, -0.2) is 4.79 Å². The SMILES string of the molecule is Cc1[nH]nc2c1C(c1ccccc1OC(=O)c1ccc(Cl)cc1)C(C#N)=C(N)O2. The van der Waals surface area contributed by atoms with Crippen LogP contribution in [0.15, 0.2) is 60.0 Å². The second-order valence-electron chi connectivity index (χ2n) is 6.43. The molecule has 0 spiro atoms. The number of nitrogens with one attached hydrogen (secondary N) is 1. The van der Waals surface area contributed by atoms with Crippen LogP contribution in [-0.4, -0.2) is 16.2 Å². The molecule has 1 aliphatic rings. The number of aryl methyl sites for hydroxylation is 1. The zero-order chi connectivity index (χ0) is 20.5. The highest BCUT2D eigenvalue weighted by Crippen LogP contribution is 2.45. The van der Waals surface area contributed by atoms with E-state index in [1.165, 1.54) is 0 Å². The van der Waals surface area contributed by atoms with Crippen molar-refractivity contribution in [3.8, 4) is 17.7 Å². The first-order valence-corrected chi connectivity index (χ1v) is 9.06. The van der Waals surface area contributed by atoms with Crippen LogP contribution in [0.2, 0.25) is 5.02 Å². The van der Waals surface area contributed by atoms with Gasteiger partial charge in [0.05, 0.1) is 11.5 Å². The maximum Gasteiger partial charge on any atom is 0.343 e. The molecular formula is C21H15ClN4O3. The summed E-state index contributed by atoms with van der Waals surface area (Å²) in [5.74, 6) is -0.554. The quantitative estimate of drug-likeness (QED) is 0.505. The van der Waals surface area contributed by atoms with Gasteiger partial charge in [0.2, 0.25) is 11.8 Å². The highest BCUT2D eigenvalue weighted by Gasteiger charge is 2.36. The first-order chi connectivity index (χ1) is 14.0. The summed E-state index contributed by atoms with van der Waals surface area (Å²) in [6.45, 7) is 1.82. The number of hydrogen-bond acceptors (Lipinski definition) is 6. The van der Waals surface area contributed by atoms with Crippen LogP contribution in [0.4, 0.5) is 0 Å². The van der Waals surface area contributed by atoms with E-state index in [4.69, 9.17) is 26.8 Å². The number of benzene rings is 2. The summed E-state index contributed by atoms with van der Waals surface area (Å²) in [5.41, 5.74) is 8.53. The van der Waals surface area contributed by atoms with E-state index < -0.39 is 11.9 Å². The van der Waals surface area contributed by atoms with Gasteiger partial charge in [-0.1, -0.05) is 29.8 Å². The number of esters is 1. The Morgan fingerprint density at radius 3 is 2.72 bits per heavy atom. The molecule has 0 saturated carbocycles. The number of ether oxygens (including phenoxy) is 2. The average Bonchev–Trinajstić information content (AvgIpc) is 3.08. The van der Waals surface area contributed by atoms with Crippen LogP contribution in [0.1, 0.15) is 33.1 Å². The molecule has 0 bridgehead atoms. The van der Waals surface area contributed by atoms with Crippen LogP contribution in [-0.2, 0) is 0 Å². The van der Waals surface area contributed by atoms with E-state index in [1.807, 2.05) is 6.92 Å². The Labute approximate surface area is 171 Å². The van der Waals surface area contributed by atoms with Gasteiger partial charge in [0.1, 0.15) is 17.4 Å². The molecule has 29 heavy (non-hydrogen) atoms. The van der Waals surface area contributed by atoms with Crippen molar-refractivity contribution in [2.75, 3.05) is 0 Å². The number of H-pyrrole nitrogens is 1. The molecule has 1 atom stereocenters. The monoisotopic (exact) mass is 406 g/mol. The summed E-state index contributed by atoms with van der Waals surface area (Å²) in [7, 11) is 0. The average molecular weight is 407 g/mol. The van der Waals surface area contributed by atoms with Crippen LogP contribution >= 0.6 is 11.6 Å². The molecule has 2 heterocycles. The minimum absolute atomic E-state index is 0.0321. The molecule has 1 unspecified atom stereocenters. The van der Waals surface area contributed by atoms with Gasteiger partial charge < -0.3 is 15.2 Å². The Morgan fingerprint density at radius 1 is 1.28 bits per heavy atom. The van der Waals surface area contributed by atoms with Gasteiger partial charge in [0, 0.05) is 21.8 Å². The second kappa shape index (κ2) is 7.34. The number of aromatic nitrogens is 2. The lowest BCUT2D eigenvalue weighted by molar-refractivity contribution is 0.0733. The number of nitrogens with two attached hydrogens (primary N) is 1. The molecule has 7 nitrogen and oxygen atoms in total. The molecule has 4 rings (SSSR count). The Kier molecular flexibility index (Phi) is 4.71. The van der Waals surface area contributed by atoms with Crippen LogP contribution < -0.4 is 15.2 Å². The number of nitriles is 1. The summed E-state index contributed by atoms with van der Waals surface area (Å²) in [5, 5.41) is 17.2. The van der Waals surface area contributed by atoms with Crippen molar-refractivity contribution in [1.82, 2.24) is 10.2 Å². The van der Waals surface area contributed by atoms with Crippen molar-refractivity contribution in [3.63, 3.8) is 0 Å². The van der Waals surface area contributed by atoms with Crippen LogP contribution in [0.3, 0.4) is 0 Å². The molecule has 8 heteroatoms. The van der Waals surface area contributed by atoms with E-state index in [0.29, 0.717) is 33.3 Å². The molecule has 3 aromatic rings. The summed E-state index contributed by atoms with van der Waals surface area (Å²) < 4.78 is 11.1. The number of rotatable bonds is 3. The predicted molar refractivity (Wildman–Crippen MR) is 105 cm³/mol. The van der Waals surface area contributed by atoms with Crippen molar-refractivity contribution < 1.29 is 14.3 Å². The minimum Gasteiger partial charge on any atom is -0.423 e. The number of hydrogen-bond donors (Lipinski definition) is 2. The van der Waals surface area contributed by atoms with E-state index in [1.54, 1.807) is 48.5 Å². The molecule has 2 aromatic carbocycles. The number of nitrogens with zero attached hydrogens (tertiary/aromatic N) is 2. The Bertz CT molecular complexity index is 1180. The third-order valence-electron chi connectivity index (χ3n) is 4.64. The molecule has 3 N–H and O–H groups in total. The van der Waals surface area contributed by atoms with Crippen molar-refractivity contribution >= 4 is 17.6 Å². The van der Waals surface area contributed by atoms with Gasteiger partial charge in [0.25, 0.3) is 0 Å². The van der Waals surface area contributed by atoms with Gasteiger partial charge >= 0.3 is 5.97 Å². The number of halogens is 1. The highest BCUT2D eigenvalue weighted by molar-refractivity contribution is 6.30. The lowest BCUT2D eigenvalue weighted by atomic mass is 9.83. The fourth-order valence-corrected chi connectivity index (χ4v) is 3.39. The van der Waals surface area contributed by atoms with Gasteiger partial charge in [-0.2, -0.15) is 5.26 Å². The number of allylic oxidation sites excluding steroid dienone is 1. The number of fused-ring (bicyclic) bond motifs is 1. The topological polar surface area (TPSA) is 114 Å². The number of carbonyl (C=O) groups is 1. The van der Waals surface area contributed by atoms with Crippen molar-refractivity contribution in [1.29, 1.82) is 5.26 Å². The van der Waals surface area contributed by atoms with E-state index in [9.17, 15) is 10.1 Å². The van der Waals surface area contributed by atoms with Gasteiger partial charge in [-0.3, -0.25) is 5.10 Å². The first kappa shape index (κ1) is 18.6. The standard InChI is InChI=1S/C21H15ClN4O3/c1-11-17-18(15(10-23)19(24)29-20(17)26-25-11)14-4-2-3-5-16(14)28-21(27)12-6-8-13(22)9-7-12/h2-9,18H,24H2,1H3,(H,25,26). The Balaban J connectivity index is 1.79. The zero-order valence-corrected chi connectivity index (χ0v) is 16.0. The zero-order valence-electron chi connectivity index (χ0n) is 15.3. The predicted octanol–water partition coefficient (Wildman–Crippen LogP) is 3.81. The van der Waals surface area contributed by atoms with Crippen LogP contribution in [0.25, 0.3) is 0 Å². The van der Waals surface area contributed by atoms with E-state index in [0.717, 1.165) is 5.69 Å². The highest BCUT2D eigenvalue weighted by atomic mass is 35.5. The Hall–Kier alpha value is -3.76. The largest absolute Gasteiger partial charge is 0.423 e. The van der Waals surface area contributed by atoms with Gasteiger partial charge in [-0.05, 0) is 37.3 Å². The Morgan fingerprint density at radius 2 is 2.00 bits per heavy atom. The van der Waals surface area contributed by atoms with E-state index >= 15 is 0 Å². The third kappa shape index (κ3) is 3.30. The number of aromatic amines is 1. The minimum atomic E-state index is -0.586. The van der Waals surface area contributed by atoms with Crippen LogP contribution in [0.5, 0.6) is 11.6 Å². The number of para-hydroxylation sites is 1. The normalized spacial score (nSPS) is 15.3. The second-order valence-corrected chi connectivity index (χ2v) is 6.86. The molecule has 0 aliphatic carbocycles. The van der Waals surface area contributed by atoms with Crippen molar-refractivity contribution in [2.24, 2.45) is 5.73 Å². The summed E-state index contributed by atoms with van der Waals surface area (Å²) in [4.78, 5) is 12.6. The fraction of sp³-hybridized carbons (Fsp3) is 0.0952. The lowest BCUT2D eigenvalue weighted by Gasteiger charge is -2.25. The molecular weight excluding hydrogens is 392 g/mol. The molecule has 0 fully saturated rings. The van der Waals surface area contributed by atoms with Gasteiger partial charge in [0.15, 0.2) is 0 Å². The summed E-state index contributed by atoms with van der Waals surface area (Å²) in [6, 6.07) is 15.5. The molecule has 0 saturated heterocycles. The third-order valence-corrected chi connectivity index (χ3v) is 4.89. The maximum atomic E-state index is 12.6. The summed E-state index contributed by atoms with van der Waals surface area (Å²) >= 11 is 5.88. The van der Waals surface area contributed by atoms with Crippen molar-refractivity contribution in [2.45, 2.75) is 12.8 Å². The molecule has 1 aliphatic heterocycles. The number of carbonyl (C=O) groups excluding carboxylic acids is 1. The van der Waals surface area contributed by atoms with Gasteiger partial charge in [-0.15, -0.1) is 5.10 Å². The lowest BCUT2D eigenvalue weighted by Crippen LogP contribution is -2.22. The van der Waals surface area contributed by atoms with E-state index in [-0.39, 0.29) is 11.5 Å². The van der Waals surface area contributed by atoms with Crippen molar-refractivity contribution in [3.05, 3.63) is 87.4 Å². The maximum absolute atomic E-state index is 12.6. The van der Waals surface area contributed by atoms with E-state index in [2.05, 4.69) is 16.3 Å². The van der Waals surface area contributed by atoms with Crippen LogP contribution in [0, 0.1) is 18.3 Å². The molecule has 0 amide bonds.